The fourth-order valence-corrected chi connectivity index (χ4v) is 2.11. The molecule has 0 amide bonds. The molecule has 2 nitrogen and oxygen atoms in total. The second-order valence-electron chi connectivity index (χ2n) is 4.64. The number of nitrogens with one attached hydrogen (secondary N) is 1. The minimum Gasteiger partial charge on any atom is -0.366 e. The third-order valence-corrected chi connectivity index (χ3v) is 2.84. The first-order valence-electron chi connectivity index (χ1n) is 6.08. The zero-order valence-electron chi connectivity index (χ0n) is 10.9. The van der Waals surface area contributed by atoms with Gasteiger partial charge in [0, 0.05) is 5.69 Å². The van der Waals surface area contributed by atoms with Gasteiger partial charge in [0.15, 0.2) is 0 Å². The molecule has 1 unspecified atom stereocenters. The summed E-state index contributed by atoms with van der Waals surface area (Å²) in [7, 11) is 0. The molecule has 2 aromatic carbocycles. The number of rotatable bonds is 3. The zero-order chi connectivity index (χ0) is 13.8. The topological polar surface area (TPSA) is 35.8 Å². The van der Waals surface area contributed by atoms with Gasteiger partial charge in [0.1, 0.15) is 11.9 Å². The van der Waals surface area contributed by atoms with Crippen LogP contribution in [0, 0.1) is 31.0 Å². The highest BCUT2D eigenvalue weighted by Gasteiger charge is 2.11. The Balaban J connectivity index is 2.28. The summed E-state index contributed by atoms with van der Waals surface area (Å²) >= 11 is 0. The van der Waals surface area contributed by atoms with Crippen LogP contribution >= 0.6 is 0 Å². The molecule has 0 heterocycles. The molecule has 0 spiro atoms. The van der Waals surface area contributed by atoms with Crippen molar-refractivity contribution in [2.45, 2.75) is 19.9 Å². The first-order chi connectivity index (χ1) is 9.08. The molecule has 1 N–H and O–H groups in total. The largest absolute Gasteiger partial charge is 0.366 e. The van der Waals surface area contributed by atoms with Gasteiger partial charge in [0.05, 0.1) is 6.07 Å². The summed E-state index contributed by atoms with van der Waals surface area (Å²) < 4.78 is 13.1. The molecule has 2 rings (SSSR count). The molecule has 3 heteroatoms. The molecular weight excluding hydrogens is 239 g/mol. The Kier molecular flexibility index (Phi) is 3.82. The number of anilines is 1. The van der Waals surface area contributed by atoms with Crippen LogP contribution in [0.15, 0.2) is 42.5 Å². The fourth-order valence-electron chi connectivity index (χ4n) is 2.11. The molecule has 0 radical (unpaired) electrons. The lowest BCUT2D eigenvalue weighted by atomic mass is 10.0. The van der Waals surface area contributed by atoms with E-state index in [1.165, 1.54) is 12.1 Å². The average molecular weight is 254 g/mol. The van der Waals surface area contributed by atoms with E-state index in [1.54, 1.807) is 12.1 Å². The van der Waals surface area contributed by atoms with Crippen molar-refractivity contribution >= 4 is 5.69 Å². The maximum Gasteiger partial charge on any atom is 0.140 e. The summed E-state index contributed by atoms with van der Waals surface area (Å²) in [4.78, 5) is 0. The van der Waals surface area contributed by atoms with E-state index in [2.05, 4.69) is 17.5 Å². The summed E-state index contributed by atoms with van der Waals surface area (Å²) in [6, 6.07) is 13.8. The molecule has 0 aliphatic heterocycles. The summed E-state index contributed by atoms with van der Waals surface area (Å²) in [6.45, 7) is 3.99. The van der Waals surface area contributed by atoms with Crippen LogP contribution in [0.2, 0.25) is 0 Å². The van der Waals surface area contributed by atoms with Crippen molar-refractivity contribution < 1.29 is 4.39 Å². The number of halogens is 1. The Labute approximate surface area is 112 Å². The van der Waals surface area contributed by atoms with Crippen LogP contribution in [0.3, 0.4) is 0 Å². The van der Waals surface area contributed by atoms with E-state index in [1.807, 2.05) is 26.0 Å². The standard InChI is InChI=1S/C16H15FN2/c1-11-6-12(2)8-13(7-11)16(10-18)19-15-5-3-4-14(17)9-15/h3-9,16,19H,1-2H3. The lowest BCUT2D eigenvalue weighted by Gasteiger charge is -2.14. The van der Waals surface area contributed by atoms with Crippen LogP contribution in [0.5, 0.6) is 0 Å². The van der Waals surface area contributed by atoms with Crippen molar-refractivity contribution in [3.05, 3.63) is 65.0 Å². The van der Waals surface area contributed by atoms with Crippen molar-refractivity contribution in [1.82, 2.24) is 0 Å². The van der Waals surface area contributed by atoms with E-state index >= 15 is 0 Å². The van der Waals surface area contributed by atoms with E-state index < -0.39 is 6.04 Å². The highest BCUT2D eigenvalue weighted by molar-refractivity contribution is 5.48. The Hall–Kier alpha value is -2.34. The Bertz CT molecular complexity index is 609. The summed E-state index contributed by atoms with van der Waals surface area (Å²) in [5, 5.41) is 12.3. The number of benzene rings is 2. The van der Waals surface area contributed by atoms with Crippen LogP contribution in [0.25, 0.3) is 0 Å². The van der Waals surface area contributed by atoms with E-state index in [4.69, 9.17) is 0 Å². The normalized spacial score (nSPS) is 11.7. The second kappa shape index (κ2) is 5.53. The third-order valence-electron chi connectivity index (χ3n) is 2.84. The van der Waals surface area contributed by atoms with E-state index in [-0.39, 0.29) is 5.82 Å². The monoisotopic (exact) mass is 254 g/mol. The predicted molar refractivity (Wildman–Crippen MR) is 74.3 cm³/mol. The highest BCUT2D eigenvalue weighted by Crippen LogP contribution is 2.21. The van der Waals surface area contributed by atoms with Gasteiger partial charge < -0.3 is 5.32 Å². The van der Waals surface area contributed by atoms with Gasteiger partial charge in [-0.15, -0.1) is 0 Å². The number of nitriles is 1. The Morgan fingerprint density at radius 2 is 1.79 bits per heavy atom. The molecule has 0 bridgehead atoms. The van der Waals surface area contributed by atoms with Gasteiger partial charge in [-0.05, 0) is 37.6 Å². The van der Waals surface area contributed by atoms with Gasteiger partial charge in [-0.2, -0.15) is 5.26 Å². The van der Waals surface area contributed by atoms with Gasteiger partial charge in [0.2, 0.25) is 0 Å². The van der Waals surface area contributed by atoms with Crippen molar-refractivity contribution in [2.24, 2.45) is 0 Å². The van der Waals surface area contributed by atoms with Gasteiger partial charge in [-0.3, -0.25) is 0 Å². The molecule has 19 heavy (non-hydrogen) atoms. The maximum atomic E-state index is 13.1. The summed E-state index contributed by atoms with van der Waals surface area (Å²) in [5.74, 6) is -0.317. The Morgan fingerprint density at radius 1 is 1.11 bits per heavy atom. The lowest BCUT2D eigenvalue weighted by Crippen LogP contribution is -2.09. The van der Waals surface area contributed by atoms with Crippen LogP contribution < -0.4 is 5.32 Å². The van der Waals surface area contributed by atoms with Gasteiger partial charge in [-0.1, -0.05) is 35.4 Å². The number of aryl methyl sites for hydroxylation is 2. The highest BCUT2D eigenvalue weighted by atomic mass is 19.1. The molecule has 1 atom stereocenters. The first-order valence-corrected chi connectivity index (χ1v) is 6.08. The smallest absolute Gasteiger partial charge is 0.140 e. The van der Waals surface area contributed by atoms with Gasteiger partial charge in [-0.25, -0.2) is 4.39 Å². The third kappa shape index (κ3) is 3.32. The number of hydrogen-bond acceptors (Lipinski definition) is 2. The molecule has 2 aromatic rings. The van der Waals surface area contributed by atoms with Gasteiger partial charge in [0.25, 0.3) is 0 Å². The number of nitrogens with zero attached hydrogens (tertiary/aromatic N) is 1. The second-order valence-corrected chi connectivity index (χ2v) is 4.64. The summed E-state index contributed by atoms with van der Waals surface area (Å²) in [5.41, 5.74) is 3.71. The maximum absolute atomic E-state index is 13.1. The molecular formula is C16H15FN2. The van der Waals surface area contributed by atoms with E-state index in [0.717, 1.165) is 16.7 Å². The summed E-state index contributed by atoms with van der Waals surface area (Å²) in [6.07, 6.45) is 0. The van der Waals surface area contributed by atoms with Crippen molar-refractivity contribution in [1.29, 1.82) is 5.26 Å². The molecule has 0 aliphatic rings. The van der Waals surface area contributed by atoms with E-state index in [9.17, 15) is 9.65 Å². The minimum atomic E-state index is -0.486. The number of hydrogen-bond donors (Lipinski definition) is 1. The molecule has 0 aliphatic carbocycles. The Morgan fingerprint density at radius 3 is 2.37 bits per heavy atom. The predicted octanol–water partition coefficient (Wildman–Crippen LogP) is 4.12. The molecule has 0 fully saturated rings. The molecule has 0 saturated carbocycles. The first kappa shape index (κ1) is 13.1. The lowest BCUT2D eigenvalue weighted by molar-refractivity contribution is 0.628. The van der Waals surface area contributed by atoms with Crippen molar-refractivity contribution in [3.63, 3.8) is 0 Å². The van der Waals surface area contributed by atoms with Crippen molar-refractivity contribution in [3.8, 4) is 6.07 Å². The SMILES string of the molecule is Cc1cc(C)cc(C(C#N)Nc2cccc(F)c2)c1. The van der Waals surface area contributed by atoms with Crippen LogP contribution in [-0.4, -0.2) is 0 Å². The quantitative estimate of drug-likeness (QED) is 0.894. The van der Waals surface area contributed by atoms with Crippen LogP contribution in [0.4, 0.5) is 10.1 Å². The van der Waals surface area contributed by atoms with E-state index in [0.29, 0.717) is 5.69 Å². The zero-order valence-corrected chi connectivity index (χ0v) is 10.9. The molecule has 96 valence electrons. The minimum absolute atomic E-state index is 0.317. The van der Waals surface area contributed by atoms with Gasteiger partial charge >= 0.3 is 0 Å². The molecule has 0 saturated heterocycles. The van der Waals surface area contributed by atoms with Crippen LogP contribution in [-0.2, 0) is 0 Å². The van der Waals surface area contributed by atoms with Crippen LogP contribution in [0.1, 0.15) is 22.7 Å². The average Bonchev–Trinajstić information content (AvgIpc) is 2.34. The fraction of sp³-hybridized carbons (Fsp3) is 0.188. The van der Waals surface area contributed by atoms with Crippen molar-refractivity contribution in [2.75, 3.05) is 5.32 Å². The molecule has 0 aromatic heterocycles.